The number of hydrogen-bond acceptors (Lipinski definition) is 5. The van der Waals surface area contributed by atoms with Crippen LogP contribution in [0.15, 0.2) is 29.6 Å². The molecule has 1 aliphatic carbocycles. The molecular weight excluding hydrogens is 370 g/mol. The van der Waals surface area contributed by atoms with Crippen molar-refractivity contribution in [2.75, 3.05) is 20.1 Å². The lowest BCUT2D eigenvalue weighted by molar-refractivity contribution is -0.123. The van der Waals surface area contributed by atoms with Gasteiger partial charge in [0.25, 0.3) is 5.91 Å². The minimum Gasteiger partial charge on any atom is -0.386 e. The first-order chi connectivity index (χ1) is 14.0. The SMILES string of the molecule is CN(Cc1ccccn1)C(=O)C1=NOC2(CCCN(C(=O)NC3CCCC3)C2)C1. The molecule has 1 aromatic rings. The highest BCUT2D eigenvalue weighted by Crippen LogP contribution is 2.34. The third kappa shape index (κ3) is 4.52. The van der Waals surface area contributed by atoms with E-state index in [2.05, 4.69) is 15.5 Å². The third-order valence-electron chi connectivity index (χ3n) is 6.07. The fraction of sp³-hybridized carbons (Fsp3) is 0.619. The molecule has 3 heterocycles. The summed E-state index contributed by atoms with van der Waals surface area (Å²) in [5.74, 6) is -0.153. The van der Waals surface area contributed by atoms with Crippen LogP contribution < -0.4 is 5.32 Å². The fourth-order valence-corrected chi connectivity index (χ4v) is 4.49. The van der Waals surface area contributed by atoms with Crippen molar-refractivity contribution in [2.24, 2.45) is 5.16 Å². The predicted molar refractivity (Wildman–Crippen MR) is 108 cm³/mol. The highest BCUT2D eigenvalue weighted by molar-refractivity contribution is 6.39. The van der Waals surface area contributed by atoms with Crippen molar-refractivity contribution in [1.29, 1.82) is 0 Å². The molecule has 29 heavy (non-hydrogen) atoms. The van der Waals surface area contributed by atoms with Crippen molar-refractivity contribution in [3.05, 3.63) is 30.1 Å². The van der Waals surface area contributed by atoms with E-state index in [1.807, 2.05) is 23.1 Å². The Morgan fingerprint density at radius 1 is 1.31 bits per heavy atom. The lowest BCUT2D eigenvalue weighted by atomic mass is 9.88. The van der Waals surface area contributed by atoms with E-state index in [4.69, 9.17) is 4.84 Å². The molecule has 1 saturated carbocycles. The van der Waals surface area contributed by atoms with Crippen LogP contribution in [0.3, 0.4) is 0 Å². The number of hydrogen-bond donors (Lipinski definition) is 1. The van der Waals surface area contributed by atoms with Gasteiger partial charge in [0.2, 0.25) is 0 Å². The molecule has 0 bridgehead atoms. The van der Waals surface area contributed by atoms with Crippen LogP contribution in [0.25, 0.3) is 0 Å². The number of urea groups is 1. The molecule has 2 fully saturated rings. The summed E-state index contributed by atoms with van der Waals surface area (Å²) < 4.78 is 0. The van der Waals surface area contributed by atoms with Crippen LogP contribution in [0.1, 0.15) is 50.6 Å². The number of carbonyl (C=O) groups is 2. The fourth-order valence-electron chi connectivity index (χ4n) is 4.49. The van der Waals surface area contributed by atoms with Gasteiger partial charge in [-0.1, -0.05) is 24.1 Å². The number of aromatic nitrogens is 1. The zero-order valence-electron chi connectivity index (χ0n) is 17.0. The molecule has 0 aromatic carbocycles. The number of carbonyl (C=O) groups excluding carboxylic acids is 2. The molecule has 1 atom stereocenters. The summed E-state index contributed by atoms with van der Waals surface area (Å²) in [6.45, 7) is 1.60. The molecule has 4 rings (SSSR count). The molecule has 1 N–H and O–H groups in total. The van der Waals surface area contributed by atoms with Gasteiger partial charge in [0, 0.05) is 32.3 Å². The summed E-state index contributed by atoms with van der Waals surface area (Å²) in [5, 5.41) is 7.27. The van der Waals surface area contributed by atoms with Crippen LogP contribution in [0.5, 0.6) is 0 Å². The molecule has 1 saturated heterocycles. The number of rotatable bonds is 4. The Morgan fingerprint density at radius 2 is 2.14 bits per heavy atom. The second kappa shape index (κ2) is 8.39. The maximum Gasteiger partial charge on any atom is 0.317 e. The van der Waals surface area contributed by atoms with E-state index in [-0.39, 0.29) is 11.9 Å². The zero-order chi connectivity index (χ0) is 20.3. The highest BCUT2D eigenvalue weighted by atomic mass is 16.7. The molecule has 3 amide bonds. The molecule has 2 aliphatic heterocycles. The summed E-state index contributed by atoms with van der Waals surface area (Å²) in [5.41, 5.74) is 0.661. The predicted octanol–water partition coefficient (Wildman–Crippen LogP) is 2.30. The van der Waals surface area contributed by atoms with E-state index in [9.17, 15) is 9.59 Å². The molecule has 1 spiro atoms. The summed E-state index contributed by atoms with van der Waals surface area (Å²) in [7, 11) is 1.74. The normalized spacial score (nSPS) is 24.3. The van der Waals surface area contributed by atoms with E-state index in [1.54, 1.807) is 18.1 Å². The second-order valence-electron chi connectivity index (χ2n) is 8.43. The first kappa shape index (κ1) is 19.7. The van der Waals surface area contributed by atoms with Gasteiger partial charge < -0.3 is 20.0 Å². The lowest BCUT2D eigenvalue weighted by Crippen LogP contribution is -2.54. The van der Waals surface area contributed by atoms with Crippen molar-refractivity contribution >= 4 is 17.6 Å². The number of oxime groups is 1. The van der Waals surface area contributed by atoms with Crippen LogP contribution in [0.4, 0.5) is 4.79 Å². The molecule has 0 radical (unpaired) electrons. The highest BCUT2D eigenvalue weighted by Gasteiger charge is 2.46. The van der Waals surface area contributed by atoms with Gasteiger partial charge in [-0.2, -0.15) is 0 Å². The summed E-state index contributed by atoms with van der Waals surface area (Å²) in [6.07, 6.45) is 8.28. The van der Waals surface area contributed by atoms with Gasteiger partial charge in [0.05, 0.1) is 18.8 Å². The maximum atomic E-state index is 12.8. The van der Waals surface area contributed by atoms with Crippen LogP contribution in [0.2, 0.25) is 0 Å². The minimum absolute atomic E-state index is 0.0216. The van der Waals surface area contributed by atoms with Gasteiger partial charge in [-0.15, -0.1) is 0 Å². The van der Waals surface area contributed by atoms with Gasteiger partial charge in [-0.25, -0.2) is 4.79 Å². The largest absolute Gasteiger partial charge is 0.386 e. The second-order valence-corrected chi connectivity index (χ2v) is 8.43. The summed E-state index contributed by atoms with van der Waals surface area (Å²) in [4.78, 5) is 38.9. The first-order valence-electron chi connectivity index (χ1n) is 10.5. The standard InChI is InChI=1S/C21H29N5O3/c1-25(14-17-9-4-5-11-22-17)19(27)18-13-21(29-24-18)10-6-12-26(15-21)20(28)23-16-7-2-3-8-16/h4-5,9,11,16H,2-3,6-8,10,12-15H2,1H3,(H,23,28). The number of likely N-dealkylation sites (tertiary alicyclic amines) is 1. The average Bonchev–Trinajstić information content (AvgIpc) is 3.38. The third-order valence-corrected chi connectivity index (χ3v) is 6.07. The molecule has 8 heteroatoms. The van der Waals surface area contributed by atoms with Gasteiger partial charge >= 0.3 is 6.03 Å². The van der Waals surface area contributed by atoms with Crippen LogP contribution >= 0.6 is 0 Å². The monoisotopic (exact) mass is 399 g/mol. The number of amides is 3. The Labute approximate surface area is 171 Å². The quantitative estimate of drug-likeness (QED) is 0.842. The smallest absolute Gasteiger partial charge is 0.317 e. The van der Waals surface area contributed by atoms with E-state index in [0.29, 0.717) is 37.8 Å². The van der Waals surface area contributed by atoms with Gasteiger partial charge in [-0.3, -0.25) is 9.78 Å². The Hall–Kier alpha value is -2.64. The first-order valence-corrected chi connectivity index (χ1v) is 10.5. The Balaban J connectivity index is 1.33. The number of piperidine rings is 1. The number of nitrogens with one attached hydrogen (secondary N) is 1. The van der Waals surface area contributed by atoms with Gasteiger partial charge in [0.15, 0.2) is 5.60 Å². The molecule has 156 valence electrons. The van der Waals surface area contributed by atoms with Crippen LogP contribution in [0, 0.1) is 0 Å². The van der Waals surface area contributed by atoms with Crippen molar-refractivity contribution < 1.29 is 14.4 Å². The number of pyridine rings is 1. The van der Waals surface area contributed by atoms with Crippen molar-refractivity contribution in [3.8, 4) is 0 Å². The molecule has 3 aliphatic rings. The molecule has 1 aromatic heterocycles. The Kier molecular flexibility index (Phi) is 5.69. The summed E-state index contributed by atoms with van der Waals surface area (Å²) >= 11 is 0. The zero-order valence-corrected chi connectivity index (χ0v) is 17.0. The average molecular weight is 399 g/mol. The molecule has 8 nitrogen and oxygen atoms in total. The Morgan fingerprint density at radius 3 is 2.90 bits per heavy atom. The van der Waals surface area contributed by atoms with E-state index in [0.717, 1.165) is 31.4 Å². The van der Waals surface area contributed by atoms with Crippen molar-refractivity contribution in [1.82, 2.24) is 20.1 Å². The lowest BCUT2D eigenvalue weighted by Gasteiger charge is -2.38. The van der Waals surface area contributed by atoms with Crippen molar-refractivity contribution in [3.63, 3.8) is 0 Å². The van der Waals surface area contributed by atoms with Crippen molar-refractivity contribution in [2.45, 2.75) is 63.1 Å². The van der Waals surface area contributed by atoms with Crippen LogP contribution in [-0.2, 0) is 16.2 Å². The maximum absolute atomic E-state index is 12.8. The number of nitrogens with zero attached hydrogens (tertiary/aromatic N) is 4. The minimum atomic E-state index is -0.581. The topological polar surface area (TPSA) is 87.1 Å². The van der Waals surface area contributed by atoms with Gasteiger partial charge in [-0.05, 0) is 37.8 Å². The van der Waals surface area contributed by atoms with Crippen LogP contribution in [-0.4, -0.2) is 64.2 Å². The molecular formula is C21H29N5O3. The van der Waals surface area contributed by atoms with Gasteiger partial charge in [0.1, 0.15) is 5.71 Å². The summed E-state index contributed by atoms with van der Waals surface area (Å²) in [6, 6.07) is 5.91. The van der Waals surface area contributed by atoms with E-state index in [1.165, 1.54) is 12.8 Å². The van der Waals surface area contributed by atoms with E-state index < -0.39 is 5.60 Å². The molecule has 1 unspecified atom stereocenters. The van der Waals surface area contributed by atoms with E-state index >= 15 is 0 Å². The Bertz CT molecular complexity index is 778.